The van der Waals surface area contributed by atoms with E-state index in [4.69, 9.17) is 24.4 Å². The van der Waals surface area contributed by atoms with Gasteiger partial charge in [-0.1, -0.05) is 48.0 Å². The third kappa shape index (κ3) is 9.43. The molecule has 8 nitrogen and oxygen atoms in total. The summed E-state index contributed by atoms with van der Waals surface area (Å²) in [5, 5.41) is 6.88. The summed E-state index contributed by atoms with van der Waals surface area (Å²) in [6.45, 7) is 3.94. The molecule has 0 atom stereocenters. The fourth-order valence-corrected chi connectivity index (χ4v) is 7.86. The lowest BCUT2D eigenvalue weighted by Gasteiger charge is -2.28. The molecule has 2 fully saturated rings. The Labute approximate surface area is 244 Å². The second kappa shape index (κ2) is 14.7. The lowest BCUT2D eigenvalue weighted by atomic mass is 10.1. The number of piperidine rings is 2. The van der Waals surface area contributed by atoms with Crippen LogP contribution in [0.15, 0.2) is 12.4 Å². The van der Waals surface area contributed by atoms with E-state index in [1.165, 1.54) is 59.0 Å². The van der Waals surface area contributed by atoms with Crippen LogP contribution < -0.4 is 10.6 Å². The van der Waals surface area contributed by atoms with Gasteiger partial charge in [0.2, 0.25) is 11.8 Å². The molecular formula is C23H30N6O2S6. The highest BCUT2D eigenvalue weighted by molar-refractivity contribution is 8.23. The van der Waals surface area contributed by atoms with E-state index in [1.54, 1.807) is 12.4 Å². The van der Waals surface area contributed by atoms with E-state index in [1.807, 2.05) is 0 Å². The first-order chi connectivity index (χ1) is 18.0. The van der Waals surface area contributed by atoms with E-state index < -0.39 is 0 Å². The average Bonchev–Trinajstić information content (AvgIpc) is 3.55. The van der Waals surface area contributed by atoms with Crippen molar-refractivity contribution in [1.29, 1.82) is 0 Å². The monoisotopic (exact) mass is 614 g/mol. The number of likely N-dealkylation sites (tertiary alicyclic amines) is 2. The zero-order valence-corrected chi connectivity index (χ0v) is 25.3. The number of carbonyl (C=O) groups excluding carboxylic acids is 2. The van der Waals surface area contributed by atoms with Crippen molar-refractivity contribution in [2.45, 2.75) is 44.9 Å². The van der Waals surface area contributed by atoms with Crippen LogP contribution in [0, 0.1) is 0 Å². The van der Waals surface area contributed by atoms with Gasteiger partial charge >= 0.3 is 0 Å². The lowest BCUT2D eigenvalue weighted by Crippen LogP contribution is -2.33. The third-order valence-electron chi connectivity index (χ3n) is 5.83. The van der Waals surface area contributed by atoms with Gasteiger partial charge < -0.3 is 20.4 Å². The van der Waals surface area contributed by atoms with Gasteiger partial charge in [0.15, 0.2) is 10.3 Å². The molecule has 0 unspecified atom stereocenters. The number of thioether (sulfide) groups is 2. The predicted molar refractivity (Wildman–Crippen MR) is 165 cm³/mol. The first kappa shape index (κ1) is 28.7. The standard InChI is InChI=1S/C23H30N6O2S6/c30-18(14-34-22(32)28-7-3-1-4-8-28)26-20-24-12-16(36-20)11-17-13-25-21(37-17)27-19(31)15-35-23(33)29-9-5-2-6-10-29/h12-13H,1-11,14-15H2,(H,24,26,30)(H,25,27,31). The summed E-state index contributed by atoms with van der Waals surface area (Å²) in [5.41, 5.74) is 0. The van der Waals surface area contributed by atoms with Gasteiger partial charge in [0, 0.05) is 54.7 Å². The normalized spacial score (nSPS) is 15.9. The molecular weight excluding hydrogens is 585 g/mol. The van der Waals surface area contributed by atoms with Crippen molar-refractivity contribution < 1.29 is 9.59 Å². The summed E-state index contributed by atoms with van der Waals surface area (Å²) >= 11 is 16.6. The van der Waals surface area contributed by atoms with Crippen LogP contribution in [0.3, 0.4) is 0 Å². The van der Waals surface area contributed by atoms with Crippen LogP contribution in [0.5, 0.6) is 0 Å². The molecule has 14 heteroatoms. The molecule has 0 aromatic carbocycles. The Balaban J connectivity index is 1.16. The second-order valence-electron chi connectivity index (χ2n) is 8.74. The number of hydrogen-bond acceptors (Lipinski definition) is 10. The Hall–Kier alpha value is -1.32. The Morgan fingerprint density at radius 2 is 1.16 bits per heavy atom. The number of amides is 2. The first-order valence-corrected chi connectivity index (χ1v) is 16.7. The van der Waals surface area contributed by atoms with Gasteiger partial charge in [0.05, 0.1) is 11.5 Å². The van der Waals surface area contributed by atoms with Crippen LogP contribution >= 0.6 is 70.6 Å². The maximum atomic E-state index is 12.4. The number of carbonyl (C=O) groups is 2. The molecule has 2 aromatic rings. The number of thiazole rings is 2. The highest BCUT2D eigenvalue weighted by Gasteiger charge is 2.17. The first-order valence-electron chi connectivity index (χ1n) is 12.3. The molecule has 37 heavy (non-hydrogen) atoms. The molecule has 0 aliphatic carbocycles. The molecule has 4 heterocycles. The van der Waals surface area contributed by atoms with Crippen LogP contribution in [-0.4, -0.2) is 77.9 Å². The molecule has 0 bridgehead atoms. The van der Waals surface area contributed by atoms with Gasteiger partial charge in [0.1, 0.15) is 8.64 Å². The van der Waals surface area contributed by atoms with Crippen LogP contribution in [0.25, 0.3) is 0 Å². The van der Waals surface area contributed by atoms with Crippen molar-refractivity contribution >= 4 is 101 Å². The molecule has 0 saturated carbocycles. The summed E-state index contributed by atoms with van der Waals surface area (Å²) in [4.78, 5) is 39.8. The number of anilines is 2. The molecule has 2 aliphatic rings. The maximum Gasteiger partial charge on any atom is 0.236 e. The Bertz CT molecular complexity index is 1010. The summed E-state index contributed by atoms with van der Waals surface area (Å²) in [6.07, 6.45) is 11.3. The fourth-order valence-electron chi connectivity index (χ4n) is 3.97. The highest BCUT2D eigenvalue weighted by atomic mass is 32.2. The molecule has 2 aromatic heterocycles. The van der Waals surface area contributed by atoms with Crippen molar-refractivity contribution in [1.82, 2.24) is 19.8 Å². The van der Waals surface area contributed by atoms with Crippen molar-refractivity contribution in [2.24, 2.45) is 0 Å². The predicted octanol–water partition coefficient (Wildman–Crippen LogP) is 5.08. The number of nitrogens with zero attached hydrogens (tertiary/aromatic N) is 4. The van der Waals surface area contributed by atoms with Gasteiger partial charge in [0.25, 0.3) is 0 Å². The molecule has 2 aliphatic heterocycles. The summed E-state index contributed by atoms with van der Waals surface area (Å²) in [5.74, 6) is 0.350. The van der Waals surface area contributed by atoms with E-state index in [-0.39, 0.29) is 23.3 Å². The largest absolute Gasteiger partial charge is 0.358 e. The van der Waals surface area contributed by atoms with Gasteiger partial charge in [-0.3, -0.25) is 9.59 Å². The van der Waals surface area contributed by atoms with Gasteiger partial charge in [-0.05, 0) is 38.5 Å². The third-order valence-corrected chi connectivity index (χ3v) is 10.7. The van der Waals surface area contributed by atoms with Crippen LogP contribution in [0.1, 0.15) is 48.3 Å². The quantitative estimate of drug-likeness (QED) is 0.393. The van der Waals surface area contributed by atoms with Crippen LogP contribution in [0.2, 0.25) is 0 Å². The zero-order valence-electron chi connectivity index (χ0n) is 20.4. The second-order valence-corrected chi connectivity index (χ2v) is 14.2. The Kier molecular flexibility index (Phi) is 11.4. The molecule has 4 rings (SSSR count). The molecule has 2 N–H and O–H groups in total. The van der Waals surface area contributed by atoms with E-state index in [9.17, 15) is 9.59 Å². The number of aromatic nitrogens is 2. The van der Waals surface area contributed by atoms with E-state index in [0.29, 0.717) is 16.7 Å². The van der Waals surface area contributed by atoms with Crippen molar-refractivity contribution in [3.05, 3.63) is 22.1 Å². The number of rotatable bonds is 8. The topological polar surface area (TPSA) is 90.5 Å². The molecule has 0 radical (unpaired) electrons. The van der Waals surface area contributed by atoms with E-state index in [0.717, 1.165) is 70.3 Å². The van der Waals surface area contributed by atoms with E-state index >= 15 is 0 Å². The SMILES string of the molecule is O=C(CSC(=S)N1CCCCC1)Nc1ncc(Cc2cnc(NC(=O)CSC(=S)N3CCCCC3)s2)s1. The zero-order chi connectivity index (χ0) is 26.0. The average molecular weight is 615 g/mol. The Morgan fingerprint density at radius 3 is 1.57 bits per heavy atom. The molecule has 2 saturated heterocycles. The van der Waals surface area contributed by atoms with Crippen molar-refractivity contribution in [3.63, 3.8) is 0 Å². The summed E-state index contributed by atoms with van der Waals surface area (Å²) < 4.78 is 1.59. The lowest BCUT2D eigenvalue weighted by molar-refractivity contribution is -0.114. The molecule has 0 spiro atoms. The van der Waals surface area contributed by atoms with Crippen LogP contribution in [0.4, 0.5) is 10.3 Å². The maximum absolute atomic E-state index is 12.4. The van der Waals surface area contributed by atoms with E-state index in [2.05, 4.69) is 30.4 Å². The minimum Gasteiger partial charge on any atom is -0.358 e. The van der Waals surface area contributed by atoms with Crippen molar-refractivity contribution in [3.8, 4) is 0 Å². The minimum atomic E-state index is -0.106. The number of thiocarbonyl (C=S) groups is 2. The minimum absolute atomic E-state index is 0.106. The van der Waals surface area contributed by atoms with Crippen LogP contribution in [-0.2, 0) is 16.0 Å². The number of nitrogens with one attached hydrogen (secondary N) is 2. The van der Waals surface area contributed by atoms with Gasteiger partial charge in [-0.2, -0.15) is 0 Å². The Morgan fingerprint density at radius 1 is 0.757 bits per heavy atom. The van der Waals surface area contributed by atoms with Gasteiger partial charge in [-0.25, -0.2) is 9.97 Å². The highest BCUT2D eigenvalue weighted by Crippen LogP contribution is 2.26. The smallest absolute Gasteiger partial charge is 0.236 e. The van der Waals surface area contributed by atoms with Gasteiger partial charge in [-0.15, -0.1) is 22.7 Å². The number of hydrogen-bond donors (Lipinski definition) is 2. The fraction of sp³-hybridized carbons (Fsp3) is 0.565. The summed E-state index contributed by atoms with van der Waals surface area (Å²) in [7, 11) is 0. The molecule has 2 amide bonds. The summed E-state index contributed by atoms with van der Waals surface area (Å²) in [6, 6.07) is 0. The molecule has 200 valence electrons. The van der Waals surface area contributed by atoms with Crippen molar-refractivity contribution in [2.75, 3.05) is 48.3 Å².